The van der Waals surface area contributed by atoms with Crippen molar-refractivity contribution in [3.05, 3.63) is 29.6 Å². The van der Waals surface area contributed by atoms with Crippen molar-refractivity contribution < 1.29 is 9.18 Å². The van der Waals surface area contributed by atoms with Crippen LogP contribution < -0.4 is 10.2 Å². The summed E-state index contributed by atoms with van der Waals surface area (Å²) in [7, 11) is 3.61. The monoisotopic (exact) mass is 222 g/mol. The van der Waals surface area contributed by atoms with Gasteiger partial charge in [0.1, 0.15) is 5.82 Å². The fourth-order valence-corrected chi connectivity index (χ4v) is 1.98. The van der Waals surface area contributed by atoms with Crippen LogP contribution in [-0.4, -0.2) is 26.5 Å². The molecule has 86 valence electrons. The summed E-state index contributed by atoms with van der Waals surface area (Å²) >= 11 is 0. The van der Waals surface area contributed by atoms with Gasteiger partial charge in [0.15, 0.2) is 0 Å². The Kier molecular flexibility index (Phi) is 2.81. The Bertz CT molecular complexity index is 417. The second-order valence-corrected chi connectivity index (χ2v) is 4.31. The molecule has 3 nitrogen and oxygen atoms in total. The van der Waals surface area contributed by atoms with Gasteiger partial charge in [-0.2, -0.15) is 0 Å². The second kappa shape index (κ2) is 4.12. The number of halogens is 1. The number of anilines is 1. The molecule has 0 aliphatic carbocycles. The average Bonchev–Trinajstić information content (AvgIpc) is 2.64. The molecule has 1 fully saturated rings. The fraction of sp³-hybridized carbons (Fsp3) is 0.417. The van der Waals surface area contributed by atoms with Crippen molar-refractivity contribution in [1.29, 1.82) is 0 Å². The lowest BCUT2D eigenvalue weighted by atomic mass is 9.98. The standard InChI is InChI=1S/C12H15FN2O/c1-15(2)11-4-3-8(5-10(11)13)9-6-12(16)14-7-9/h3-5,9H,6-7H2,1-2H3,(H,14,16). The van der Waals surface area contributed by atoms with Crippen LogP contribution in [0.1, 0.15) is 17.9 Å². The third-order valence-corrected chi connectivity index (χ3v) is 2.90. The van der Waals surface area contributed by atoms with E-state index in [1.807, 2.05) is 6.07 Å². The molecule has 2 rings (SSSR count). The normalized spacial score (nSPS) is 19.7. The van der Waals surface area contributed by atoms with Gasteiger partial charge < -0.3 is 10.2 Å². The first kappa shape index (κ1) is 10.9. The van der Waals surface area contributed by atoms with Crippen molar-refractivity contribution in [3.63, 3.8) is 0 Å². The summed E-state index contributed by atoms with van der Waals surface area (Å²) in [5.41, 5.74) is 1.46. The van der Waals surface area contributed by atoms with E-state index in [9.17, 15) is 9.18 Å². The lowest BCUT2D eigenvalue weighted by Crippen LogP contribution is -2.14. The van der Waals surface area contributed by atoms with Crippen LogP contribution in [0.3, 0.4) is 0 Å². The number of hydrogen-bond donors (Lipinski definition) is 1. The largest absolute Gasteiger partial charge is 0.375 e. The number of nitrogens with zero attached hydrogens (tertiary/aromatic N) is 1. The second-order valence-electron chi connectivity index (χ2n) is 4.31. The molecule has 1 aliphatic rings. The van der Waals surface area contributed by atoms with Crippen LogP contribution in [0.4, 0.5) is 10.1 Å². The summed E-state index contributed by atoms with van der Waals surface area (Å²) in [4.78, 5) is 12.8. The predicted octanol–water partition coefficient (Wildman–Crippen LogP) is 1.50. The molecular weight excluding hydrogens is 207 g/mol. The summed E-state index contributed by atoms with van der Waals surface area (Å²) in [5, 5.41) is 2.75. The lowest BCUT2D eigenvalue weighted by molar-refractivity contribution is -0.119. The van der Waals surface area contributed by atoms with Crippen molar-refractivity contribution in [1.82, 2.24) is 5.32 Å². The zero-order chi connectivity index (χ0) is 11.7. The van der Waals surface area contributed by atoms with Gasteiger partial charge in [0, 0.05) is 33.0 Å². The summed E-state index contributed by atoms with van der Waals surface area (Å²) in [5.74, 6) is -0.0813. The molecule has 1 saturated heterocycles. The summed E-state index contributed by atoms with van der Waals surface area (Å²) < 4.78 is 13.7. The first-order valence-electron chi connectivity index (χ1n) is 5.31. The highest BCUT2D eigenvalue weighted by molar-refractivity contribution is 5.79. The number of hydrogen-bond acceptors (Lipinski definition) is 2. The molecule has 1 unspecified atom stereocenters. The maximum Gasteiger partial charge on any atom is 0.220 e. The highest BCUT2D eigenvalue weighted by Crippen LogP contribution is 2.27. The highest BCUT2D eigenvalue weighted by Gasteiger charge is 2.23. The van der Waals surface area contributed by atoms with Crippen molar-refractivity contribution in [2.45, 2.75) is 12.3 Å². The molecule has 1 aromatic carbocycles. The molecule has 0 bridgehead atoms. The molecule has 0 spiro atoms. The van der Waals surface area contributed by atoms with Crippen LogP contribution in [0.25, 0.3) is 0 Å². The van der Waals surface area contributed by atoms with E-state index in [1.54, 1.807) is 25.1 Å². The number of benzene rings is 1. The van der Waals surface area contributed by atoms with E-state index in [0.717, 1.165) is 5.56 Å². The van der Waals surface area contributed by atoms with Gasteiger partial charge in [-0.15, -0.1) is 0 Å². The molecule has 1 atom stereocenters. The number of rotatable bonds is 2. The van der Waals surface area contributed by atoms with Gasteiger partial charge >= 0.3 is 0 Å². The average molecular weight is 222 g/mol. The van der Waals surface area contributed by atoms with Crippen LogP contribution in [0.2, 0.25) is 0 Å². The SMILES string of the molecule is CN(C)c1ccc(C2CNC(=O)C2)cc1F. The van der Waals surface area contributed by atoms with Crippen molar-refractivity contribution >= 4 is 11.6 Å². The van der Waals surface area contributed by atoms with Crippen molar-refractivity contribution in [2.75, 3.05) is 25.5 Å². The molecule has 0 radical (unpaired) electrons. The van der Waals surface area contributed by atoms with Crippen molar-refractivity contribution in [2.24, 2.45) is 0 Å². The minimum Gasteiger partial charge on any atom is -0.375 e. The highest BCUT2D eigenvalue weighted by atomic mass is 19.1. The molecule has 1 aliphatic heterocycles. The van der Waals surface area contributed by atoms with E-state index in [4.69, 9.17) is 0 Å². The lowest BCUT2D eigenvalue weighted by Gasteiger charge is -2.15. The third kappa shape index (κ3) is 2.01. The first-order valence-corrected chi connectivity index (χ1v) is 5.31. The smallest absolute Gasteiger partial charge is 0.220 e. The Morgan fingerprint density at radius 1 is 1.44 bits per heavy atom. The molecule has 0 saturated carbocycles. The molecule has 1 N–H and O–H groups in total. The van der Waals surface area contributed by atoms with Crippen LogP contribution in [0.5, 0.6) is 0 Å². The van der Waals surface area contributed by atoms with E-state index in [2.05, 4.69) is 5.32 Å². The Morgan fingerprint density at radius 3 is 2.69 bits per heavy atom. The van der Waals surface area contributed by atoms with Crippen LogP contribution in [0, 0.1) is 5.82 Å². The number of carbonyl (C=O) groups is 1. The van der Waals surface area contributed by atoms with Crippen LogP contribution in [0.15, 0.2) is 18.2 Å². The number of nitrogens with one attached hydrogen (secondary N) is 1. The van der Waals surface area contributed by atoms with Crippen LogP contribution >= 0.6 is 0 Å². The fourth-order valence-electron chi connectivity index (χ4n) is 1.98. The zero-order valence-electron chi connectivity index (χ0n) is 9.46. The number of carbonyl (C=O) groups excluding carboxylic acids is 1. The topological polar surface area (TPSA) is 32.3 Å². The molecular formula is C12H15FN2O. The van der Waals surface area contributed by atoms with E-state index >= 15 is 0 Å². The van der Waals surface area contributed by atoms with Gasteiger partial charge in [-0.1, -0.05) is 6.07 Å². The molecule has 1 amide bonds. The molecule has 1 aromatic rings. The molecule has 4 heteroatoms. The van der Waals surface area contributed by atoms with Gasteiger partial charge in [-0.3, -0.25) is 4.79 Å². The Labute approximate surface area is 94.3 Å². The van der Waals surface area contributed by atoms with Crippen LogP contribution in [-0.2, 0) is 4.79 Å². The van der Waals surface area contributed by atoms with Gasteiger partial charge in [-0.05, 0) is 17.7 Å². The van der Waals surface area contributed by atoms with Crippen molar-refractivity contribution in [3.8, 4) is 0 Å². The van der Waals surface area contributed by atoms with Gasteiger partial charge in [-0.25, -0.2) is 4.39 Å². The maximum absolute atomic E-state index is 13.7. The minimum atomic E-state index is -0.234. The Balaban J connectivity index is 2.24. The van der Waals surface area contributed by atoms with Gasteiger partial charge in [0.25, 0.3) is 0 Å². The van der Waals surface area contributed by atoms with E-state index in [1.165, 1.54) is 6.07 Å². The van der Waals surface area contributed by atoms with E-state index in [-0.39, 0.29) is 17.6 Å². The zero-order valence-corrected chi connectivity index (χ0v) is 9.46. The van der Waals surface area contributed by atoms with Gasteiger partial charge in [0.05, 0.1) is 5.69 Å². The Morgan fingerprint density at radius 2 is 2.19 bits per heavy atom. The number of amides is 1. The predicted molar refractivity (Wildman–Crippen MR) is 61.1 cm³/mol. The Hall–Kier alpha value is -1.58. The molecule has 1 heterocycles. The third-order valence-electron chi connectivity index (χ3n) is 2.90. The molecule has 16 heavy (non-hydrogen) atoms. The minimum absolute atomic E-state index is 0.0436. The quantitative estimate of drug-likeness (QED) is 0.822. The maximum atomic E-state index is 13.7. The van der Waals surface area contributed by atoms with Gasteiger partial charge in [0.2, 0.25) is 5.91 Å². The summed E-state index contributed by atoms with van der Waals surface area (Å²) in [6.45, 7) is 0.611. The first-order chi connectivity index (χ1) is 7.58. The van der Waals surface area contributed by atoms with E-state index < -0.39 is 0 Å². The summed E-state index contributed by atoms with van der Waals surface area (Å²) in [6, 6.07) is 5.18. The molecule has 0 aromatic heterocycles. The van der Waals surface area contributed by atoms with E-state index in [0.29, 0.717) is 18.7 Å². The summed E-state index contributed by atoms with van der Waals surface area (Å²) in [6.07, 6.45) is 0.459.